The summed E-state index contributed by atoms with van der Waals surface area (Å²) in [5.41, 5.74) is 0.804. The Bertz CT molecular complexity index is 1060. The summed E-state index contributed by atoms with van der Waals surface area (Å²) < 4.78 is 43.5. The van der Waals surface area contributed by atoms with Crippen LogP contribution in [-0.4, -0.2) is 71.2 Å². The van der Waals surface area contributed by atoms with Crippen molar-refractivity contribution in [3.8, 4) is 5.75 Å². The molecule has 0 spiro atoms. The van der Waals surface area contributed by atoms with Gasteiger partial charge in [-0.1, -0.05) is 11.6 Å². The summed E-state index contributed by atoms with van der Waals surface area (Å²) in [6.07, 6.45) is 1.30. The van der Waals surface area contributed by atoms with E-state index in [1.165, 1.54) is 23.7 Å². The Hall–Kier alpha value is -2.40. The number of nitrogens with zero attached hydrogens (tertiary/aromatic N) is 3. The number of anilines is 1. The maximum atomic E-state index is 13.4. The highest BCUT2D eigenvalue weighted by molar-refractivity contribution is 7.89. The predicted molar refractivity (Wildman–Crippen MR) is 115 cm³/mol. The second-order valence-corrected chi connectivity index (χ2v) is 9.21. The Morgan fingerprint density at radius 2 is 1.97 bits per heavy atom. The van der Waals surface area contributed by atoms with Crippen LogP contribution in [0.3, 0.4) is 0 Å². The first-order valence-electron chi connectivity index (χ1n) is 9.47. The molecule has 168 valence electrons. The van der Waals surface area contributed by atoms with E-state index in [0.29, 0.717) is 24.0 Å². The topological polar surface area (TPSA) is 98.3 Å². The first-order chi connectivity index (χ1) is 14.8. The van der Waals surface area contributed by atoms with Crippen LogP contribution in [0.1, 0.15) is 15.9 Å². The number of hydrogen-bond donors (Lipinski definition) is 0. The number of sulfonamides is 1. The summed E-state index contributed by atoms with van der Waals surface area (Å²) in [6, 6.07) is 6.49. The number of halogens is 1. The third kappa shape index (κ3) is 5.09. The number of pyridine rings is 1. The molecule has 0 saturated carbocycles. The largest absolute Gasteiger partial charge is 0.496 e. The third-order valence-corrected chi connectivity index (χ3v) is 6.99. The molecule has 0 radical (unpaired) electrons. The molecule has 1 aliphatic heterocycles. The van der Waals surface area contributed by atoms with Gasteiger partial charge in [0.2, 0.25) is 10.0 Å². The highest BCUT2D eigenvalue weighted by Gasteiger charge is 2.31. The summed E-state index contributed by atoms with van der Waals surface area (Å²) in [4.78, 5) is 17.9. The van der Waals surface area contributed by atoms with E-state index in [-0.39, 0.29) is 35.9 Å². The zero-order valence-electron chi connectivity index (χ0n) is 17.5. The van der Waals surface area contributed by atoms with Gasteiger partial charge in [0.05, 0.1) is 33.0 Å². The molecular formula is C20H24ClN3O6S. The number of esters is 1. The van der Waals surface area contributed by atoms with Crippen LogP contribution in [0.4, 0.5) is 5.82 Å². The second-order valence-electron chi connectivity index (χ2n) is 6.87. The average Bonchev–Trinajstić information content (AvgIpc) is 2.78. The fourth-order valence-corrected chi connectivity index (χ4v) is 5.09. The van der Waals surface area contributed by atoms with E-state index < -0.39 is 16.0 Å². The minimum atomic E-state index is -3.93. The summed E-state index contributed by atoms with van der Waals surface area (Å²) in [7, 11) is 0.545. The number of carbonyl (C=O) groups is 1. The molecule has 1 fully saturated rings. The maximum Gasteiger partial charge on any atom is 0.339 e. The summed E-state index contributed by atoms with van der Waals surface area (Å²) in [5, 5.41) is 0.527. The summed E-state index contributed by atoms with van der Waals surface area (Å²) >= 11 is 6.12. The number of aromatic nitrogens is 1. The van der Waals surface area contributed by atoms with Gasteiger partial charge in [0, 0.05) is 43.5 Å². The fourth-order valence-electron chi connectivity index (χ4n) is 3.27. The molecule has 2 heterocycles. The summed E-state index contributed by atoms with van der Waals surface area (Å²) in [5.74, 6) is 0.137. The number of methoxy groups -OCH3 is 2. The smallest absolute Gasteiger partial charge is 0.339 e. The van der Waals surface area contributed by atoms with Gasteiger partial charge in [0.1, 0.15) is 16.5 Å². The zero-order valence-corrected chi connectivity index (χ0v) is 19.1. The van der Waals surface area contributed by atoms with Gasteiger partial charge in [-0.3, -0.25) is 0 Å². The van der Waals surface area contributed by atoms with Crippen molar-refractivity contribution in [3.05, 3.63) is 46.6 Å². The maximum absolute atomic E-state index is 13.4. The van der Waals surface area contributed by atoms with Gasteiger partial charge in [0.15, 0.2) is 0 Å². The first-order valence-corrected chi connectivity index (χ1v) is 11.3. The Kier molecular flexibility index (Phi) is 7.37. The van der Waals surface area contributed by atoms with Crippen molar-refractivity contribution in [2.75, 3.05) is 52.5 Å². The molecule has 3 rings (SSSR count). The van der Waals surface area contributed by atoms with E-state index in [0.717, 1.165) is 5.56 Å². The monoisotopic (exact) mass is 469 g/mol. The Morgan fingerprint density at radius 3 is 2.61 bits per heavy atom. The van der Waals surface area contributed by atoms with E-state index in [9.17, 15) is 13.2 Å². The molecule has 31 heavy (non-hydrogen) atoms. The quantitative estimate of drug-likeness (QED) is 0.569. The lowest BCUT2D eigenvalue weighted by molar-refractivity contribution is 0.0599. The van der Waals surface area contributed by atoms with Gasteiger partial charge in [-0.15, -0.1) is 0 Å². The van der Waals surface area contributed by atoms with Crippen molar-refractivity contribution in [2.24, 2.45) is 0 Å². The van der Waals surface area contributed by atoms with E-state index in [1.807, 2.05) is 0 Å². The highest BCUT2D eigenvalue weighted by Crippen LogP contribution is 2.30. The van der Waals surface area contributed by atoms with Gasteiger partial charge in [0.25, 0.3) is 0 Å². The molecular weight excluding hydrogens is 446 g/mol. The first kappa shape index (κ1) is 23.3. The molecule has 0 unspecified atom stereocenters. The van der Waals surface area contributed by atoms with Crippen LogP contribution in [0.2, 0.25) is 5.02 Å². The van der Waals surface area contributed by atoms with E-state index in [1.54, 1.807) is 37.3 Å². The Labute approximate surface area is 186 Å². The Morgan fingerprint density at radius 1 is 1.26 bits per heavy atom. The third-order valence-electron chi connectivity index (χ3n) is 4.85. The van der Waals surface area contributed by atoms with Gasteiger partial charge in [-0.2, -0.15) is 4.31 Å². The molecule has 1 aromatic carbocycles. The molecule has 0 amide bonds. The fraction of sp³-hybridized carbons (Fsp3) is 0.400. The van der Waals surface area contributed by atoms with Crippen LogP contribution < -0.4 is 9.64 Å². The standard InChI is InChI=1S/C20H24ClN3O6S/c1-23(13-15-10-16(21)4-5-17(15)28-2)19-18(11-14(12-22-19)20(25)29-3)31(26,27)24-6-8-30-9-7-24/h4-5,10-12H,6-9,13H2,1-3H3. The van der Waals surface area contributed by atoms with E-state index in [2.05, 4.69) is 4.98 Å². The lowest BCUT2D eigenvalue weighted by Crippen LogP contribution is -2.41. The van der Waals surface area contributed by atoms with Gasteiger partial charge >= 0.3 is 5.97 Å². The number of hydrogen-bond acceptors (Lipinski definition) is 8. The number of morpholine rings is 1. The van der Waals surface area contributed by atoms with Gasteiger partial charge < -0.3 is 19.1 Å². The van der Waals surface area contributed by atoms with E-state index in [4.69, 9.17) is 25.8 Å². The van der Waals surface area contributed by atoms with Crippen molar-refractivity contribution >= 4 is 33.4 Å². The molecule has 11 heteroatoms. The van der Waals surface area contributed by atoms with Crippen molar-refractivity contribution < 1.29 is 27.4 Å². The Balaban J connectivity index is 2.05. The molecule has 1 saturated heterocycles. The predicted octanol–water partition coefficient (Wildman–Crippen LogP) is 2.19. The van der Waals surface area contributed by atoms with E-state index >= 15 is 0 Å². The lowest BCUT2D eigenvalue weighted by Gasteiger charge is -2.28. The average molecular weight is 470 g/mol. The molecule has 2 aromatic rings. The lowest BCUT2D eigenvalue weighted by atomic mass is 10.2. The van der Waals surface area contributed by atoms with Crippen molar-refractivity contribution in [3.63, 3.8) is 0 Å². The van der Waals surface area contributed by atoms with Gasteiger partial charge in [-0.05, 0) is 24.3 Å². The molecule has 1 aromatic heterocycles. The van der Waals surface area contributed by atoms with Crippen LogP contribution in [0, 0.1) is 0 Å². The second kappa shape index (κ2) is 9.82. The van der Waals surface area contributed by atoms with Crippen LogP contribution in [0.15, 0.2) is 35.4 Å². The molecule has 0 N–H and O–H groups in total. The molecule has 9 nitrogen and oxygen atoms in total. The number of rotatable bonds is 7. The van der Waals surface area contributed by atoms with Crippen LogP contribution >= 0.6 is 11.6 Å². The molecule has 0 bridgehead atoms. The van der Waals surface area contributed by atoms with Crippen molar-refractivity contribution in [1.82, 2.24) is 9.29 Å². The van der Waals surface area contributed by atoms with Gasteiger partial charge in [-0.25, -0.2) is 18.2 Å². The highest BCUT2D eigenvalue weighted by atomic mass is 35.5. The molecule has 0 atom stereocenters. The SMILES string of the molecule is COC(=O)c1cnc(N(C)Cc2cc(Cl)ccc2OC)c(S(=O)(=O)N2CCOCC2)c1. The van der Waals surface area contributed by atoms with Crippen molar-refractivity contribution in [2.45, 2.75) is 11.4 Å². The van der Waals surface area contributed by atoms with Crippen LogP contribution in [0.25, 0.3) is 0 Å². The minimum absolute atomic E-state index is 0.0480. The summed E-state index contributed by atoms with van der Waals surface area (Å²) in [6.45, 7) is 1.31. The number of ether oxygens (including phenoxy) is 3. The zero-order chi connectivity index (χ0) is 22.6. The number of carbonyl (C=O) groups excluding carboxylic acids is 1. The van der Waals surface area contributed by atoms with Crippen molar-refractivity contribution in [1.29, 1.82) is 0 Å². The minimum Gasteiger partial charge on any atom is -0.496 e. The van der Waals surface area contributed by atoms with Crippen LogP contribution in [0.5, 0.6) is 5.75 Å². The van der Waals surface area contributed by atoms with Crippen LogP contribution in [-0.2, 0) is 26.0 Å². The number of benzene rings is 1. The molecule has 1 aliphatic rings. The molecule has 0 aliphatic carbocycles. The normalized spacial score (nSPS) is 14.8.